The molecule has 0 aromatic heterocycles. The Balaban J connectivity index is 2.30. The topological polar surface area (TPSA) is 29.1 Å². The molecule has 1 N–H and O–H groups in total. The summed E-state index contributed by atoms with van der Waals surface area (Å²) in [6, 6.07) is 0.525. The number of hydrogen-bond donors (Lipinski definition) is 1. The number of nitrogens with one attached hydrogen (secondary N) is 1. The highest BCUT2D eigenvalue weighted by atomic mass is 32.2. The van der Waals surface area contributed by atoms with Crippen LogP contribution in [-0.4, -0.2) is 27.8 Å². The molecule has 0 aromatic carbocycles. The van der Waals surface area contributed by atoms with E-state index in [1.807, 2.05) is 0 Å². The molecule has 0 spiro atoms. The van der Waals surface area contributed by atoms with Gasteiger partial charge in [0.05, 0.1) is 5.25 Å². The van der Waals surface area contributed by atoms with Crippen molar-refractivity contribution in [3.63, 3.8) is 0 Å². The van der Waals surface area contributed by atoms with E-state index in [1.54, 1.807) is 0 Å². The summed E-state index contributed by atoms with van der Waals surface area (Å²) in [6.45, 7) is 5.34. The Morgan fingerprint density at radius 2 is 2.07 bits per heavy atom. The van der Waals surface area contributed by atoms with E-state index in [1.165, 1.54) is 25.7 Å². The average molecular weight is 231 g/mol. The molecule has 0 bridgehead atoms. The number of rotatable bonds is 7. The van der Waals surface area contributed by atoms with Crippen molar-refractivity contribution in [2.45, 2.75) is 63.7 Å². The third-order valence-corrected chi connectivity index (χ3v) is 5.14. The predicted octanol–water partition coefficient (Wildman–Crippen LogP) is 2.46. The van der Waals surface area contributed by atoms with Crippen molar-refractivity contribution in [1.82, 2.24) is 5.32 Å². The van der Waals surface area contributed by atoms with Crippen molar-refractivity contribution in [3.8, 4) is 0 Å². The van der Waals surface area contributed by atoms with Gasteiger partial charge in [0.15, 0.2) is 0 Å². The molecule has 1 aliphatic rings. The standard InChI is InChI=1S/C12H25NOS/c1-3-5-6-10-15(14)12-9-7-8-11(12)13-4-2/h11-13H,3-10H2,1-2H3. The summed E-state index contributed by atoms with van der Waals surface area (Å²) in [5.41, 5.74) is 0. The van der Waals surface area contributed by atoms with E-state index < -0.39 is 10.8 Å². The Labute approximate surface area is 96.7 Å². The third-order valence-electron chi connectivity index (χ3n) is 3.21. The van der Waals surface area contributed by atoms with Crippen molar-refractivity contribution in [1.29, 1.82) is 0 Å². The third kappa shape index (κ3) is 4.23. The van der Waals surface area contributed by atoms with E-state index in [0.717, 1.165) is 25.1 Å². The summed E-state index contributed by atoms with van der Waals surface area (Å²) in [4.78, 5) is 0. The molecule has 0 aromatic rings. The first-order valence-electron chi connectivity index (χ1n) is 6.40. The quantitative estimate of drug-likeness (QED) is 0.682. The van der Waals surface area contributed by atoms with Gasteiger partial charge in [-0.05, 0) is 25.8 Å². The second-order valence-corrected chi connectivity index (χ2v) is 6.20. The summed E-state index contributed by atoms with van der Waals surface area (Å²) in [7, 11) is -0.591. The van der Waals surface area contributed by atoms with Gasteiger partial charge in [-0.2, -0.15) is 0 Å². The number of unbranched alkanes of at least 4 members (excludes halogenated alkanes) is 2. The van der Waals surface area contributed by atoms with Gasteiger partial charge >= 0.3 is 0 Å². The Hall–Kier alpha value is 0.110. The summed E-state index contributed by atoms with van der Waals surface area (Å²) >= 11 is 0. The highest BCUT2D eigenvalue weighted by Gasteiger charge is 2.30. The molecule has 0 heterocycles. The van der Waals surface area contributed by atoms with Crippen LogP contribution in [-0.2, 0) is 10.8 Å². The molecule has 3 unspecified atom stereocenters. The molecule has 0 radical (unpaired) electrons. The van der Waals surface area contributed by atoms with Crippen LogP contribution in [0.1, 0.15) is 52.4 Å². The van der Waals surface area contributed by atoms with Crippen LogP contribution in [0.2, 0.25) is 0 Å². The summed E-state index contributed by atoms with van der Waals surface area (Å²) in [5, 5.41) is 3.91. The van der Waals surface area contributed by atoms with Crippen LogP contribution in [0.25, 0.3) is 0 Å². The monoisotopic (exact) mass is 231 g/mol. The van der Waals surface area contributed by atoms with Crippen molar-refractivity contribution >= 4 is 10.8 Å². The molecule has 1 aliphatic carbocycles. The Kier molecular flexibility index (Phi) is 6.50. The van der Waals surface area contributed by atoms with Crippen molar-refractivity contribution in [2.75, 3.05) is 12.3 Å². The molecule has 0 aliphatic heterocycles. The van der Waals surface area contributed by atoms with Crippen molar-refractivity contribution in [3.05, 3.63) is 0 Å². The van der Waals surface area contributed by atoms with Crippen LogP contribution in [0.3, 0.4) is 0 Å². The molecule has 3 heteroatoms. The molecular weight excluding hydrogens is 206 g/mol. The lowest BCUT2D eigenvalue weighted by atomic mass is 10.2. The van der Waals surface area contributed by atoms with Crippen molar-refractivity contribution in [2.24, 2.45) is 0 Å². The molecule has 90 valence electrons. The fraction of sp³-hybridized carbons (Fsp3) is 1.00. The van der Waals surface area contributed by atoms with Crippen LogP contribution < -0.4 is 5.32 Å². The zero-order chi connectivity index (χ0) is 11.1. The molecule has 0 saturated heterocycles. The molecular formula is C12H25NOS. The SMILES string of the molecule is CCCCCS(=O)C1CCCC1NCC. The van der Waals surface area contributed by atoms with Gasteiger partial charge in [-0.1, -0.05) is 33.1 Å². The number of hydrogen-bond acceptors (Lipinski definition) is 2. The van der Waals surface area contributed by atoms with Gasteiger partial charge in [-0.15, -0.1) is 0 Å². The molecule has 3 atom stereocenters. The molecule has 1 saturated carbocycles. The Morgan fingerprint density at radius 1 is 1.27 bits per heavy atom. The minimum absolute atomic E-state index is 0.432. The van der Waals surface area contributed by atoms with Gasteiger partial charge in [-0.25, -0.2) is 0 Å². The molecule has 1 fully saturated rings. The first-order chi connectivity index (χ1) is 7.29. The highest BCUT2D eigenvalue weighted by Crippen LogP contribution is 2.24. The van der Waals surface area contributed by atoms with E-state index in [4.69, 9.17) is 0 Å². The lowest BCUT2D eigenvalue weighted by Gasteiger charge is -2.19. The van der Waals surface area contributed by atoms with Crippen LogP contribution in [0.15, 0.2) is 0 Å². The van der Waals surface area contributed by atoms with Gasteiger partial charge in [0.1, 0.15) is 0 Å². The molecule has 2 nitrogen and oxygen atoms in total. The molecule has 1 rings (SSSR count). The van der Waals surface area contributed by atoms with Gasteiger partial charge in [0.25, 0.3) is 0 Å². The molecule has 15 heavy (non-hydrogen) atoms. The maximum Gasteiger partial charge on any atom is 0.0501 e. The van der Waals surface area contributed by atoms with Crippen LogP contribution in [0.5, 0.6) is 0 Å². The van der Waals surface area contributed by atoms with Gasteiger partial charge in [-0.3, -0.25) is 4.21 Å². The second kappa shape index (κ2) is 7.39. The van der Waals surface area contributed by atoms with Crippen LogP contribution >= 0.6 is 0 Å². The van der Waals surface area contributed by atoms with Crippen LogP contribution in [0.4, 0.5) is 0 Å². The maximum absolute atomic E-state index is 12.1. The smallest absolute Gasteiger partial charge is 0.0501 e. The van der Waals surface area contributed by atoms with Gasteiger partial charge in [0, 0.05) is 22.6 Å². The predicted molar refractivity (Wildman–Crippen MR) is 67.6 cm³/mol. The second-order valence-electron chi connectivity index (χ2n) is 4.43. The minimum Gasteiger partial charge on any atom is -0.313 e. The summed E-state index contributed by atoms with van der Waals surface area (Å²) in [6.07, 6.45) is 7.22. The first kappa shape index (κ1) is 13.2. The van der Waals surface area contributed by atoms with E-state index in [9.17, 15) is 4.21 Å². The Morgan fingerprint density at radius 3 is 2.73 bits per heavy atom. The normalized spacial score (nSPS) is 28.1. The average Bonchev–Trinajstić information content (AvgIpc) is 2.67. The van der Waals surface area contributed by atoms with E-state index in [0.29, 0.717) is 11.3 Å². The first-order valence-corrected chi connectivity index (χ1v) is 7.78. The largest absolute Gasteiger partial charge is 0.313 e. The lowest BCUT2D eigenvalue weighted by molar-refractivity contribution is 0.540. The van der Waals surface area contributed by atoms with Crippen molar-refractivity contribution < 1.29 is 4.21 Å². The summed E-state index contributed by atoms with van der Waals surface area (Å²) in [5.74, 6) is 0.917. The maximum atomic E-state index is 12.1. The summed E-state index contributed by atoms with van der Waals surface area (Å²) < 4.78 is 12.1. The van der Waals surface area contributed by atoms with Gasteiger partial charge in [0.2, 0.25) is 0 Å². The fourth-order valence-corrected chi connectivity index (χ4v) is 4.20. The lowest BCUT2D eigenvalue weighted by Crippen LogP contribution is -2.38. The van der Waals surface area contributed by atoms with E-state index >= 15 is 0 Å². The Bertz CT molecular complexity index is 196. The molecule has 0 amide bonds. The minimum atomic E-state index is -0.591. The van der Waals surface area contributed by atoms with E-state index in [2.05, 4.69) is 19.2 Å². The fourth-order valence-electron chi connectivity index (χ4n) is 2.38. The van der Waals surface area contributed by atoms with E-state index in [-0.39, 0.29) is 0 Å². The van der Waals surface area contributed by atoms with Crippen LogP contribution in [0, 0.1) is 0 Å². The zero-order valence-corrected chi connectivity index (χ0v) is 10.9. The zero-order valence-electron chi connectivity index (χ0n) is 10.1. The van der Waals surface area contributed by atoms with Gasteiger partial charge < -0.3 is 5.32 Å². The highest BCUT2D eigenvalue weighted by molar-refractivity contribution is 7.85.